The smallest absolute Gasteiger partial charge is 0 e. The molecule has 6 heavy (non-hydrogen) atoms. The Bertz CT molecular complexity index is 31.8. The Labute approximate surface area is 75.1 Å². The Morgan fingerprint density at radius 2 is 1.17 bits per heavy atom. The summed E-state index contributed by atoms with van der Waals surface area (Å²) < 4.78 is 0. The van der Waals surface area contributed by atoms with Crippen LogP contribution in [-0.4, -0.2) is 60.8 Å². The number of carboxylic acid groups (broad SMARTS) is 2. The van der Waals surface area contributed by atoms with E-state index in [0.717, 1.165) is 0 Å². The SMILES string of the molecule is O=C([O-])[O-].[Tl].[Tl]. The van der Waals surface area contributed by atoms with Crippen LogP contribution < -0.4 is 10.2 Å². The molecule has 0 rings (SSSR count). The molecule has 0 aliphatic carbocycles. The molecule has 0 aliphatic heterocycles. The molecule has 0 spiro atoms. The van der Waals surface area contributed by atoms with E-state index in [2.05, 4.69) is 0 Å². The van der Waals surface area contributed by atoms with Crippen molar-refractivity contribution < 1.29 is 15.0 Å². The van der Waals surface area contributed by atoms with Crippen LogP contribution in [0, 0.1) is 0 Å². The molecule has 0 aromatic rings. The van der Waals surface area contributed by atoms with Crippen LogP contribution in [0.4, 0.5) is 4.79 Å². The van der Waals surface area contributed by atoms with Gasteiger partial charge in [-0.3, -0.25) is 0 Å². The second kappa shape index (κ2) is 9.45. The molecule has 0 bridgehead atoms. The molecule has 0 aromatic heterocycles. The van der Waals surface area contributed by atoms with E-state index in [9.17, 15) is 0 Å². The van der Waals surface area contributed by atoms with Gasteiger partial charge in [-0.25, -0.2) is 0 Å². The summed E-state index contributed by atoms with van der Waals surface area (Å²) in [6.07, 6.45) is -2.33. The van der Waals surface area contributed by atoms with Crippen molar-refractivity contribution >= 4 is 60.8 Å². The largest absolute Gasteiger partial charge is 0.652 e. The molecular formula is CO3Tl2-2. The van der Waals surface area contributed by atoms with Crippen molar-refractivity contribution in [1.82, 2.24) is 0 Å². The van der Waals surface area contributed by atoms with E-state index in [4.69, 9.17) is 15.0 Å². The minimum Gasteiger partial charge on any atom is -0.652 e. The molecule has 0 unspecified atom stereocenters. The number of carbonyl (C=O) groups is 1. The topological polar surface area (TPSA) is 63.2 Å². The first kappa shape index (κ1) is 15.7. The van der Waals surface area contributed by atoms with Gasteiger partial charge in [0.15, 0.2) is 0 Å². The predicted octanol–water partition coefficient (Wildman–Crippen LogP) is -3.21. The maximum atomic E-state index is 8.33. The second-order valence-corrected chi connectivity index (χ2v) is 0.250. The second-order valence-electron chi connectivity index (χ2n) is 0.250. The zero-order valence-corrected chi connectivity index (χ0v) is 11.9. The number of rotatable bonds is 0. The Morgan fingerprint density at radius 3 is 1.17 bits per heavy atom. The van der Waals surface area contributed by atoms with Gasteiger partial charge in [0.25, 0.3) is 0 Å². The van der Waals surface area contributed by atoms with Gasteiger partial charge in [-0.2, -0.15) is 0 Å². The van der Waals surface area contributed by atoms with Crippen molar-refractivity contribution in [3.05, 3.63) is 0 Å². The Balaban J connectivity index is -0.0000000450. The van der Waals surface area contributed by atoms with Gasteiger partial charge in [0.1, 0.15) is 0 Å². The Hall–Kier alpha value is 1.11. The molecule has 2 radical (unpaired) electrons. The molecule has 30 valence electrons. The summed E-state index contributed by atoms with van der Waals surface area (Å²) in [7, 11) is 0. The molecule has 0 saturated carbocycles. The number of hydrogen-bond donors (Lipinski definition) is 0. The molecule has 0 fully saturated rings. The van der Waals surface area contributed by atoms with E-state index < -0.39 is 6.16 Å². The molecule has 0 N–H and O–H groups in total. The van der Waals surface area contributed by atoms with Gasteiger partial charge in [-0.1, -0.05) is 0 Å². The maximum absolute atomic E-state index is 8.33. The average Bonchev–Trinajstić information content (AvgIpc) is 0.811. The molecule has 0 amide bonds. The van der Waals surface area contributed by atoms with Gasteiger partial charge in [-0.15, -0.1) is 0 Å². The van der Waals surface area contributed by atoms with Gasteiger partial charge >= 0.3 is 0 Å². The number of carbonyl (C=O) groups excluding carboxylic acids is 1. The predicted molar refractivity (Wildman–Crippen MR) is 16.9 cm³/mol. The standard InChI is InChI=1S/CH2O3.2Tl/c2-1(3)4;;/h(H2,2,3,4);;/p-2. The Kier molecular flexibility index (Phi) is 24.7. The van der Waals surface area contributed by atoms with Gasteiger partial charge < -0.3 is 15.0 Å². The third-order valence-electron chi connectivity index (χ3n) is 0. The summed E-state index contributed by atoms with van der Waals surface area (Å²) in [5, 5.41) is 16.7. The van der Waals surface area contributed by atoms with E-state index in [1.165, 1.54) is 0 Å². The fourth-order valence-electron chi connectivity index (χ4n) is 0. The minimum atomic E-state index is -2.33. The van der Waals surface area contributed by atoms with Gasteiger partial charge in [-0.05, 0) is 6.16 Å². The average molecular weight is 469 g/mol. The van der Waals surface area contributed by atoms with Gasteiger partial charge in [0.2, 0.25) is 0 Å². The first-order valence-electron chi connectivity index (χ1n) is 0.612. The van der Waals surface area contributed by atoms with Crippen LogP contribution in [0.2, 0.25) is 0 Å². The van der Waals surface area contributed by atoms with Crippen molar-refractivity contribution in [3.8, 4) is 0 Å². The molecule has 5 heteroatoms. The molecule has 0 saturated heterocycles. The van der Waals surface area contributed by atoms with Crippen LogP contribution in [0.15, 0.2) is 0 Å². The van der Waals surface area contributed by atoms with Crippen LogP contribution in [-0.2, 0) is 0 Å². The molecule has 3 nitrogen and oxygen atoms in total. The summed E-state index contributed by atoms with van der Waals surface area (Å²) in [5.41, 5.74) is 0. The molecule has 0 aromatic carbocycles. The fraction of sp³-hybridized carbons (Fsp3) is 0. The van der Waals surface area contributed by atoms with Crippen molar-refractivity contribution in [2.75, 3.05) is 0 Å². The van der Waals surface area contributed by atoms with E-state index in [-0.39, 0.29) is 54.6 Å². The third kappa shape index (κ3) is 69.7. The van der Waals surface area contributed by atoms with Gasteiger partial charge in [0, 0.05) is 54.6 Å². The molecule has 0 atom stereocenters. The van der Waals surface area contributed by atoms with Crippen molar-refractivity contribution in [2.24, 2.45) is 0 Å². The zero-order valence-electron chi connectivity index (χ0n) is 2.88. The third-order valence-corrected chi connectivity index (χ3v) is 0. The summed E-state index contributed by atoms with van der Waals surface area (Å²) in [6.45, 7) is 0. The first-order valence-corrected chi connectivity index (χ1v) is 0.612. The molecule has 0 aliphatic rings. The van der Waals surface area contributed by atoms with Crippen LogP contribution >= 0.6 is 0 Å². The van der Waals surface area contributed by atoms with Gasteiger partial charge in [0.05, 0.1) is 0 Å². The summed E-state index contributed by atoms with van der Waals surface area (Å²) in [5.74, 6) is 0. The number of hydrogen-bond acceptors (Lipinski definition) is 3. The maximum Gasteiger partial charge on any atom is 0 e. The van der Waals surface area contributed by atoms with Crippen molar-refractivity contribution in [1.29, 1.82) is 0 Å². The molecule has 0 heterocycles. The van der Waals surface area contributed by atoms with E-state index in [0.29, 0.717) is 0 Å². The fourth-order valence-corrected chi connectivity index (χ4v) is 0. The van der Waals surface area contributed by atoms with Crippen LogP contribution in [0.3, 0.4) is 0 Å². The Morgan fingerprint density at radius 1 is 1.17 bits per heavy atom. The minimum absolute atomic E-state index is 0. The first-order chi connectivity index (χ1) is 1.73. The summed E-state index contributed by atoms with van der Waals surface area (Å²) >= 11 is 0. The summed E-state index contributed by atoms with van der Waals surface area (Å²) in [4.78, 5) is 8.33. The van der Waals surface area contributed by atoms with E-state index >= 15 is 0 Å². The molecular weight excluding hydrogens is 469 g/mol. The van der Waals surface area contributed by atoms with Crippen molar-refractivity contribution in [3.63, 3.8) is 0 Å². The zero-order chi connectivity index (χ0) is 3.58. The van der Waals surface area contributed by atoms with E-state index in [1.807, 2.05) is 0 Å². The summed E-state index contributed by atoms with van der Waals surface area (Å²) in [6, 6.07) is 0. The van der Waals surface area contributed by atoms with E-state index in [1.54, 1.807) is 0 Å². The van der Waals surface area contributed by atoms with Crippen molar-refractivity contribution in [2.45, 2.75) is 0 Å². The van der Waals surface area contributed by atoms with Crippen LogP contribution in [0.1, 0.15) is 0 Å². The monoisotopic (exact) mass is 470 g/mol. The normalized spacial score (nSPS) is 4.00. The van der Waals surface area contributed by atoms with Crippen LogP contribution in [0.25, 0.3) is 0 Å². The quantitative estimate of drug-likeness (QED) is 0.352. The van der Waals surface area contributed by atoms with Crippen LogP contribution in [0.5, 0.6) is 0 Å².